The van der Waals surface area contributed by atoms with Crippen molar-refractivity contribution in [2.24, 2.45) is 4.99 Å². The van der Waals surface area contributed by atoms with Gasteiger partial charge >= 0.3 is 0 Å². The number of halogens is 1. The molecule has 3 aromatic rings. The van der Waals surface area contributed by atoms with Crippen LogP contribution in [-0.2, 0) is 6.54 Å². The zero-order valence-corrected chi connectivity index (χ0v) is 26.5. The number of benzene rings is 2. The Bertz CT molecular complexity index is 1320. The minimum absolute atomic E-state index is 0.0682. The Kier molecular flexibility index (Phi) is 14.2. The summed E-state index contributed by atoms with van der Waals surface area (Å²) in [4.78, 5) is 24.6. The summed E-state index contributed by atoms with van der Waals surface area (Å²) in [6.45, 7) is 6.16. The Hall–Kier alpha value is -3.89. The molecule has 1 aliphatic rings. The molecule has 1 saturated heterocycles. The summed E-state index contributed by atoms with van der Waals surface area (Å²) in [7, 11) is 2.07. The molecular formula is C35H47FN6O3. The van der Waals surface area contributed by atoms with Crippen LogP contribution >= 0.6 is 0 Å². The second-order valence-electron chi connectivity index (χ2n) is 11.7. The van der Waals surface area contributed by atoms with Crippen molar-refractivity contribution < 1.29 is 14.1 Å². The minimum atomic E-state index is -0.352. The maximum absolute atomic E-state index is 13.5. The number of rotatable bonds is 18. The molecule has 1 aliphatic heterocycles. The predicted molar refractivity (Wildman–Crippen MR) is 177 cm³/mol. The normalized spacial score (nSPS) is 14.8. The Morgan fingerprint density at radius 3 is 2.67 bits per heavy atom. The third-order valence-corrected chi connectivity index (χ3v) is 8.07. The number of piperidine rings is 1. The Morgan fingerprint density at radius 2 is 1.91 bits per heavy atom. The number of hydrogen-bond donors (Lipinski definition) is 1. The molecule has 1 fully saturated rings. The van der Waals surface area contributed by atoms with Crippen molar-refractivity contribution in [2.75, 3.05) is 59.5 Å². The first kappa shape index (κ1) is 34.0. The fourth-order valence-corrected chi connectivity index (χ4v) is 5.67. The van der Waals surface area contributed by atoms with Crippen LogP contribution in [0.4, 0.5) is 4.39 Å². The Morgan fingerprint density at radius 1 is 1.09 bits per heavy atom. The highest BCUT2D eigenvalue weighted by Gasteiger charge is 2.17. The molecule has 1 N–H and O–H groups in total. The van der Waals surface area contributed by atoms with Crippen molar-refractivity contribution in [1.29, 1.82) is 0 Å². The van der Waals surface area contributed by atoms with Gasteiger partial charge in [0.05, 0.1) is 6.61 Å². The van der Waals surface area contributed by atoms with E-state index in [1.165, 1.54) is 37.0 Å². The van der Waals surface area contributed by atoms with Crippen LogP contribution in [0.3, 0.4) is 0 Å². The minimum Gasteiger partial charge on any atom is -0.494 e. The monoisotopic (exact) mass is 618 g/mol. The zero-order valence-electron chi connectivity index (χ0n) is 26.5. The number of hydrogen-bond acceptors (Lipinski definition) is 7. The van der Waals surface area contributed by atoms with E-state index in [2.05, 4.69) is 44.3 Å². The smallest absolute Gasteiger partial charge is 0.259 e. The summed E-state index contributed by atoms with van der Waals surface area (Å²) in [5.41, 5.74) is 3.26. The number of aliphatic imine (C=N–C) groups is 1. The Labute approximate surface area is 266 Å². The Balaban J connectivity index is 1.16. The fraction of sp³-hybridized carbons (Fsp3) is 0.486. The second-order valence-corrected chi connectivity index (χ2v) is 11.7. The molecule has 2 aromatic carbocycles. The van der Waals surface area contributed by atoms with E-state index in [1.54, 1.807) is 6.20 Å². The van der Waals surface area contributed by atoms with Crippen LogP contribution in [0.5, 0.6) is 5.75 Å². The van der Waals surface area contributed by atoms with Gasteiger partial charge in [-0.3, -0.25) is 25.0 Å². The SMILES string of the molecule is CN(CCCNC(C[N+](=O)[O-])=NCCCOc1cccc(CN2CCCCC2)c1)CCC(c1ccc(F)cc1)c1ccccn1. The number of ether oxygens (including phenoxy) is 1. The van der Waals surface area contributed by atoms with Gasteiger partial charge in [-0.25, -0.2) is 4.39 Å². The molecule has 242 valence electrons. The number of pyridine rings is 1. The molecule has 0 spiro atoms. The van der Waals surface area contributed by atoms with E-state index in [4.69, 9.17) is 4.74 Å². The van der Waals surface area contributed by atoms with Gasteiger partial charge < -0.3 is 15.0 Å². The van der Waals surface area contributed by atoms with E-state index in [1.807, 2.05) is 42.5 Å². The van der Waals surface area contributed by atoms with E-state index in [9.17, 15) is 14.5 Å². The first-order chi connectivity index (χ1) is 22.0. The van der Waals surface area contributed by atoms with Gasteiger partial charge in [0, 0.05) is 48.8 Å². The number of nitrogens with zero attached hydrogens (tertiary/aromatic N) is 5. The molecule has 9 nitrogen and oxygen atoms in total. The molecule has 0 saturated carbocycles. The van der Waals surface area contributed by atoms with Crippen molar-refractivity contribution >= 4 is 5.84 Å². The topological polar surface area (TPSA) is 96.1 Å². The molecule has 4 rings (SSSR count). The molecule has 0 amide bonds. The van der Waals surface area contributed by atoms with Crippen molar-refractivity contribution in [3.05, 3.63) is 106 Å². The van der Waals surface area contributed by atoms with Gasteiger partial charge in [-0.1, -0.05) is 36.8 Å². The predicted octanol–water partition coefficient (Wildman–Crippen LogP) is 5.78. The van der Waals surface area contributed by atoms with E-state index < -0.39 is 0 Å². The van der Waals surface area contributed by atoms with Crippen molar-refractivity contribution in [3.8, 4) is 5.75 Å². The molecule has 0 aliphatic carbocycles. The van der Waals surface area contributed by atoms with Crippen LogP contribution in [0.25, 0.3) is 0 Å². The molecular weight excluding hydrogens is 571 g/mol. The number of nitrogens with one attached hydrogen (secondary N) is 1. The van der Waals surface area contributed by atoms with Gasteiger partial charge in [0.15, 0.2) is 5.84 Å². The maximum Gasteiger partial charge on any atom is 0.259 e. The van der Waals surface area contributed by atoms with Crippen LogP contribution in [-0.4, -0.2) is 85.0 Å². The average Bonchev–Trinajstić information content (AvgIpc) is 3.04. The molecule has 10 heteroatoms. The lowest BCUT2D eigenvalue weighted by atomic mass is 9.91. The zero-order chi connectivity index (χ0) is 31.7. The molecule has 45 heavy (non-hydrogen) atoms. The molecule has 2 heterocycles. The van der Waals surface area contributed by atoms with E-state index in [0.29, 0.717) is 32.0 Å². The fourth-order valence-electron chi connectivity index (χ4n) is 5.67. The number of nitro groups is 1. The molecule has 1 atom stereocenters. The van der Waals surface area contributed by atoms with Crippen LogP contribution < -0.4 is 10.1 Å². The van der Waals surface area contributed by atoms with Crippen LogP contribution in [0.15, 0.2) is 77.9 Å². The van der Waals surface area contributed by atoms with Gasteiger partial charge in [-0.15, -0.1) is 0 Å². The van der Waals surface area contributed by atoms with Crippen molar-refractivity contribution in [1.82, 2.24) is 20.1 Å². The van der Waals surface area contributed by atoms with Gasteiger partial charge in [-0.05, 0) is 106 Å². The largest absolute Gasteiger partial charge is 0.494 e. The standard InChI is InChI=1S/C35H47FN6O3/c1-40(24-17-33(34-12-3-4-18-37-34)30-13-15-31(36)16-14-30)21-8-19-38-35(28-42(43)44)39-20-9-25-45-32-11-7-10-29(26-32)27-41-22-5-2-6-23-41/h3-4,7,10-16,18,26,33H,2,5-6,8-9,17,19-25,27-28H2,1H3,(H,38,39). The van der Waals surface area contributed by atoms with Gasteiger partial charge in [0.1, 0.15) is 11.6 Å². The first-order valence-corrected chi connectivity index (χ1v) is 16.1. The van der Waals surface area contributed by atoms with Crippen molar-refractivity contribution in [2.45, 2.75) is 51.0 Å². The van der Waals surface area contributed by atoms with E-state index in [-0.39, 0.29) is 23.2 Å². The average molecular weight is 619 g/mol. The van der Waals surface area contributed by atoms with E-state index in [0.717, 1.165) is 62.6 Å². The quantitative estimate of drug-likeness (QED) is 0.0635. The van der Waals surface area contributed by atoms with Gasteiger partial charge in [-0.2, -0.15) is 0 Å². The highest BCUT2D eigenvalue weighted by atomic mass is 19.1. The first-order valence-electron chi connectivity index (χ1n) is 16.1. The van der Waals surface area contributed by atoms with Crippen LogP contribution in [0.2, 0.25) is 0 Å². The lowest BCUT2D eigenvalue weighted by Gasteiger charge is -2.26. The summed E-state index contributed by atoms with van der Waals surface area (Å²) in [5, 5.41) is 14.4. The molecule has 1 unspecified atom stereocenters. The van der Waals surface area contributed by atoms with Crippen LogP contribution in [0, 0.1) is 15.9 Å². The second kappa shape index (κ2) is 18.8. The lowest BCUT2D eigenvalue weighted by molar-refractivity contribution is -0.463. The number of likely N-dealkylation sites (tertiary alicyclic amines) is 1. The number of amidine groups is 1. The van der Waals surface area contributed by atoms with Gasteiger partial charge in [0.25, 0.3) is 6.54 Å². The highest BCUT2D eigenvalue weighted by molar-refractivity contribution is 5.83. The maximum atomic E-state index is 13.5. The molecule has 0 radical (unpaired) electrons. The summed E-state index contributed by atoms with van der Waals surface area (Å²) in [6, 6.07) is 20.8. The van der Waals surface area contributed by atoms with Crippen molar-refractivity contribution in [3.63, 3.8) is 0 Å². The molecule has 1 aromatic heterocycles. The summed E-state index contributed by atoms with van der Waals surface area (Å²) >= 11 is 0. The summed E-state index contributed by atoms with van der Waals surface area (Å²) < 4.78 is 19.5. The third kappa shape index (κ3) is 12.6. The highest BCUT2D eigenvalue weighted by Crippen LogP contribution is 2.27. The van der Waals surface area contributed by atoms with Crippen LogP contribution in [0.1, 0.15) is 61.3 Å². The molecule has 0 bridgehead atoms. The summed E-state index contributed by atoms with van der Waals surface area (Å²) in [6.07, 6.45) is 7.99. The van der Waals surface area contributed by atoms with E-state index >= 15 is 0 Å². The third-order valence-electron chi connectivity index (χ3n) is 8.07. The summed E-state index contributed by atoms with van der Waals surface area (Å²) in [5.74, 6) is 1.07. The van der Waals surface area contributed by atoms with Gasteiger partial charge in [0.2, 0.25) is 0 Å². The number of aromatic nitrogens is 1. The lowest BCUT2D eigenvalue weighted by Crippen LogP contribution is -2.33.